The van der Waals surface area contributed by atoms with Crippen LogP contribution in [-0.2, 0) is 14.3 Å². The van der Waals surface area contributed by atoms with Gasteiger partial charge in [-0.3, -0.25) is 9.59 Å². The average Bonchev–Trinajstić information content (AvgIpc) is 3.48. The molecule has 2 aliphatic heterocycles. The summed E-state index contributed by atoms with van der Waals surface area (Å²) in [5.74, 6) is -0.282. The van der Waals surface area contributed by atoms with Crippen LogP contribution in [0.3, 0.4) is 0 Å². The lowest BCUT2D eigenvalue weighted by molar-refractivity contribution is -0.141. The van der Waals surface area contributed by atoms with E-state index in [1.807, 2.05) is 31.1 Å². The van der Waals surface area contributed by atoms with E-state index < -0.39 is 17.9 Å². The second-order valence-electron chi connectivity index (χ2n) is 9.50. The molecule has 1 amide bonds. The summed E-state index contributed by atoms with van der Waals surface area (Å²) in [5, 5.41) is 13.6. The van der Waals surface area contributed by atoms with E-state index in [-0.39, 0.29) is 48.4 Å². The van der Waals surface area contributed by atoms with Crippen molar-refractivity contribution in [2.45, 2.75) is 18.4 Å². The Morgan fingerprint density at radius 2 is 1.69 bits per heavy atom. The molecular weight excluding hydrogens is 468 g/mol. The molecule has 2 heterocycles. The number of nitrogens with zero attached hydrogens (tertiary/aromatic N) is 1. The fourth-order valence-corrected chi connectivity index (χ4v) is 5.41. The molecule has 1 saturated heterocycles. The van der Waals surface area contributed by atoms with Gasteiger partial charge in [-0.15, -0.1) is 0 Å². The monoisotopic (exact) mass is 498 g/mol. The zero-order valence-corrected chi connectivity index (χ0v) is 20.7. The Morgan fingerprint density at radius 1 is 1.06 bits per heavy atom. The van der Waals surface area contributed by atoms with Gasteiger partial charge in [-0.1, -0.05) is 0 Å². The summed E-state index contributed by atoms with van der Waals surface area (Å²) in [7, 11) is 6.73. The van der Waals surface area contributed by atoms with Crippen molar-refractivity contribution in [2.24, 2.45) is 11.8 Å². The molecule has 0 spiro atoms. The van der Waals surface area contributed by atoms with Gasteiger partial charge >= 0.3 is 5.97 Å². The number of amides is 1. The number of carbonyl (C=O) groups excluding carboxylic acids is 2. The van der Waals surface area contributed by atoms with E-state index >= 15 is 0 Å². The van der Waals surface area contributed by atoms with Crippen LogP contribution >= 0.6 is 0 Å². The normalized spacial score (nSPS) is 23.6. The Bertz CT molecular complexity index is 1170. The molecule has 3 aliphatic rings. The number of phenols is 1. The highest BCUT2D eigenvalue weighted by molar-refractivity contribution is 5.81. The first-order valence-corrected chi connectivity index (χ1v) is 11.8. The number of cyclic esters (lactones) is 1. The van der Waals surface area contributed by atoms with E-state index in [0.717, 1.165) is 11.1 Å². The van der Waals surface area contributed by atoms with Crippen LogP contribution in [0.1, 0.15) is 35.1 Å². The lowest BCUT2D eigenvalue weighted by atomic mass is 9.65. The average molecular weight is 499 g/mol. The third-order valence-corrected chi connectivity index (χ3v) is 7.15. The van der Waals surface area contributed by atoms with Gasteiger partial charge < -0.3 is 39.0 Å². The molecule has 2 unspecified atom stereocenters. The molecule has 2 aromatic rings. The van der Waals surface area contributed by atoms with Crippen LogP contribution < -0.4 is 24.3 Å². The van der Waals surface area contributed by atoms with Gasteiger partial charge in [0.05, 0.1) is 32.8 Å². The number of fused-ring (bicyclic) bond motifs is 3. The number of rotatable bonds is 7. The molecule has 192 valence electrons. The fourth-order valence-electron chi connectivity index (χ4n) is 5.41. The molecule has 10 nitrogen and oxygen atoms in total. The predicted octanol–water partition coefficient (Wildman–Crippen LogP) is 2.18. The van der Waals surface area contributed by atoms with Crippen molar-refractivity contribution in [2.75, 3.05) is 48.3 Å². The fraction of sp³-hybridized carbons (Fsp3) is 0.462. The molecule has 10 heteroatoms. The van der Waals surface area contributed by atoms with E-state index in [1.165, 1.54) is 14.2 Å². The van der Waals surface area contributed by atoms with Gasteiger partial charge in [-0.2, -0.15) is 0 Å². The molecule has 0 radical (unpaired) electrons. The standard InChI is InChI=1S/C26H30N2O8/c1-28(2)6-5-21(29)27-24-15-10-18-17(35-12-36-18)9-14(15)22(23-16(24)11-34-26(23)31)13-7-19(32-3)25(30)20(8-13)33-4/h7-10,16,22-24,30H,5-6,11-12H2,1-4H3,(H,27,29)/t16-,22?,23?,24+/m0/s1. The summed E-state index contributed by atoms with van der Waals surface area (Å²) in [4.78, 5) is 28.0. The topological polar surface area (TPSA) is 116 Å². The second kappa shape index (κ2) is 9.42. The molecule has 5 rings (SSSR count). The second-order valence-corrected chi connectivity index (χ2v) is 9.50. The minimum absolute atomic E-state index is 0.0957. The highest BCUT2D eigenvalue weighted by Gasteiger charge is 2.53. The van der Waals surface area contributed by atoms with Crippen LogP contribution in [-0.4, -0.2) is 70.1 Å². The number of ether oxygens (including phenoxy) is 5. The number of carbonyl (C=O) groups is 2. The summed E-state index contributed by atoms with van der Waals surface area (Å²) < 4.78 is 27.6. The van der Waals surface area contributed by atoms with Gasteiger partial charge in [0, 0.05) is 24.8 Å². The smallest absolute Gasteiger partial charge is 0.310 e. The molecule has 2 N–H and O–H groups in total. The molecule has 4 atom stereocenters. The summed E-state index contributed by atoms with van der Waals surface area (Å²) in [6.45, 7) is 0.878. The van der Waals surface area contributed by atoms with Crippen LogP contribution in [0.5, 0.6) is 28.7 Å². The molecule has 1 fully saturated rings. The number of hydrogen-bond donors (Lipinski definition) is 2. The van der Waals surface area contributed by atoms with Crippen molar-refractivity contribution >= 4 is 11.9 Å². The lowest BCUT2D eigenvalue weighted by Crippen LogP contribution is -2.43. The van der Waals surface area contributed by atoms with E-state index in [0.29, 0.717) is 30.0 Å². The first-order valence-electron chi connectivity index (χ1n) is 11.8. The van der Waals surface area contributed by atoms with E-state index in [1.54, 1.807) is 12.1 Å². The van der Waals surface area contributed by atoms with Crippen LogP contribution in [0.15, 0.2) is 24.3 Å². The molecule has 0 saturated carbocycles. The number of benzene rings is 2. The van der Waals surface area contributed by atoms with Crippen molar-refractivity contribution in [3.05, 3.63) is 41.0 Å². The van der Waals surface area contributed by atoms with E-state index in [4.69, 9.17) is 23.7 Å². The minimum atomic E-state index is -0.573. The number of methoxy groups -OCH3 is 2. The van der Waals surface area contributed by atoms with Gasteiger partial charge in [-0.05, 0) is 55.1 Å². The highest BCUT2D eigenvalue weighted by Crippen LogP contribution is 2.55. The van der Waals surface area contributed by atoms with Crippen molar-refractivity contribution < 1.29 is 38.4 Å². The number of aromatic hydroxyl groups is 1. The van der Waals surface area contributed by atoms with E-state index in [2.05, 4.69) is 5.32 Å². The first kappa shape index (κ1) is 24.1. The van der Waals surface area contributed by atoms with Crippen LogP contribution in [0.25, 0.3) is 0 Å². The van der Waals surface area contributed by atoms with Gasteiger partial charge in [-0.25, -0.2) is 0 Å². The summed E-state index contributed by atoms with van der Waals surface area (Å²) in [5.41, 5.74) is 2.37. The SMILES string of the molecule is COc1cc(C2c3cc4c(cc3[C@@H](NC(=O)CCN(C)C)[C@H]3COC(=O)C23)OCO4)cc(OC)c1O. The van der Waals surface area contributed by atoms with Crippen molar-refractivity contribution in [3.63, 3.8) is 0 Å². The summed E-state index contributed by atoms with van der Waals surface area (Å²) in [6.07, 6.45) is 0.325. The maximum atomic E-state index is 13.1. The molecular formula is C26H30N2O8. The lowest BCUT2D eigenvalue weighted by Gasteiger charge is -2.39. The number of phenolic OH excluding ortho intramolecular Hbond substituents is 1. The zero-order valence-electron chi connectivity index (χ0n) is 20.7. The number of nitrogens with one attached hydrogen (secondary N) is 1. The summed E-state index contributed by atoms with van der Waals surface area (Å²) in [6, 6.07) is 6.72. The first-order chi connectivity index (χ1) is 17.3. The Labute approximate surface area is 209 Å². The molecule has 36 heavy (non-hydrogen) atoms. The number of hydrogen-bond acceptors (Lipinski definition) is 9. The third kappa shape index (κ3) is 4.05. The van der Waals surface area contributed by atoms with Crippen LogP contribution in [0.4, 0.5) is 0 Å². The minimum Gasteiger partial charge on any atom is -0.502 e. The van der Waals surface area contributed by atoms with Gasteiger partial charge in [0.25, 0.3) is 0 Å². The molecule has 0 aromatic heterocycles. The van der Waals surface area contributed by atoms with Crippen molar-refractivity contribution in [3.8, 4) is 28.7 Å². The van der Waals surface area contributed by atoms with Gasteiger partial charge in [0.2, 0.25) is 18.4 Å². The number of esters is 1. The largest absolute Gasteiger partial charge is 0.502 e. The highest BCUT2D eigenvalue weighted by atomic mass is 16.7. The van der Waals surface area contributed by atoms with Crippen LogP contribution in [0.2, 0.25) is 0 Å². The Hall–Kier alpha value is -3.66. The van der Waals surface area contributed by atoms with Crippen LogP contribution in [0, 0.1) is 11.8 Å². The van der Waals surface area contributed by atoms with E-state index in [9.17, 15) is 14.7 Å². The zero-order chi connectivity index (χ0) is 25.6. The van der Waals surface area contributed by atoms with Gasteiger partial charge in [0.15, 0.2) is 23.0 Å². The third-order valence-electron chi connectivity index (χ3n) is 7.15. The maximum Gasteiger partial charge on any atom is 0.310 e. The van der Waals surface area contributed by atoms with Crippen molar-refractivity contribution in [1.29, 1.82) is 0 Å². The van der Waals surface area contributed by atoms with Gasteiger partial charge in [0.1, 0.15) is 0 Å². The molecule has 2 aromatic carbocycles. The Morgan fingerprint density at radius 3 is 2.31 bits per heavy atom. The maximum absolute atomic E-state index is 13.1. The Balaban J connectivity index is 1.65. The quantitative estimate of drug-likeness (QED) is 0.554. The predicted molar refractivity (Wildman–Crippen MR) is 128 cm³/mol. The Kier molecular flexibility index (Phi) is 6.29. The van der Waals surface area contributed by atoms with Crippen molar-refractivity contribution in [1.82, 2.24) is 10.2 Å². The molecule has 1 aliphatic carbocycles. The molecule has 0 bridgehead atoms. The summed E-state index contributed by atoms with van der Waals surface area (Å²) >= 11 is 0.